The van der Waals surface area contributed by atoms with Crippen LogP contribution in [0.15, 0.2) is 54.7 Å². The largest absolute Gasteiger partial charge is 0.317 e. The van der Waals surface area contributed by atoms with Crippen LogP contribution in [0.5, 0.6) is 0 Å². The zero-order valence-corrected chi connectivity index (χ0v) is 12.0. The molecule has 0 atom stereocenters. The Hall–Kier alpha value is -2.13. The Bertz CT molecular complexity index is 740. The average Bonchev–Trinajstić information content (AvgIpc) is 2.96. The molecular weight excluding hydrogens is 258 g/mol. The molecule has 4 rings (SSSR count). The van der Waals surface area contributed by atoms with Gasteiger partial charge < -0.3 is 9.72 Å². The molecule has 1 fully saturated rings. The van der Waals surface area contributed by atoms with E-state index < -0.39 is 0 Å². The Morgan fingerprint density at radius 2 is 1.71 bits per heavy atom. The highest BCUT2D eigenvalue weighted by molar-refractivity contribution is 5.77. The number of aromatic nitrogens is 2. The summed E-state index contributed by atoms with van der Waals surface area (Å²) in [7, 11) is 0. The van der Waals surface area contributed by atoms with Crippen LogP contribution in [0, 0.1) is 0 Å². The maximum Gasteiger partial charge on any atom is 0.117 e. The fraction of sp³-hybridized carbons (Fsp3) is 0.278. The van der Waals surface area contributed by atoms with E-state index in [0.29, 0.717) is 5.92 Å². The molecule has 106 valence electrons. The van der Waals surface area contributed by atoms with E-state index in [1.807, 2.05) is 0 Å². The van der Waals surface area contributed by atoms with Crippen LogP contribution in [0.2, 0.25) is 0 Å². The number of piperidine rings is 1. The second-order valence-electron chi connectivity index (χ2n) is 5.66. The van der Waals surface area contributed by atoms with Crippen molar-refractivity contribution in [3.8, 4) is 11.3 Å². The number of fused-ring (bicyclic) bond motifs is 1. The Labute approximate surface area is 124 Å². The van der Waals surface area contributed by atoms with Crippen LogP contribution in [0.3, 0.4) is 0 Å². The van der Waals surface area contributed by atoms with E-state index in [9.17, 15) is 0 Å². The molecule has 3 heteroatoms. The Morgan fingerprint density at radius 3 is 2.52 bits per heavy atom. The lowest BCUT2D eigenvalue weighted by Crippen LogP contribution is -2.27. The van der Waals surface area contributed by atoms with Crippen molar-refractivity contribution in [2.45, 2.75) is 18.8 Å². The summed E-state index contributed by atoms with van der Waals surface area (Å²) in [5.74, 6) is 1.77. The highest BCUT2D eigenvalue weighted by Crippen LogP contribution is 2.31. The number of nitrogens with zero attached hydrogens (tertiary/aromatic N) is 2. The first-order chi connectivity index (χ1) is 10.4. The van der Waals surface area contributed by atoms with E-state index in [4.69, 9.17) is 4.98 Å². The molecule has 1 aliphatic rings. The van der Waals surface area contributed by atoms with Crippen molar-refractivity contribution in [1.29, 1.82) is 0 Å². The summed E-state index contributed by atoms with van der Waals surface area (Å²) in [4.78, 5) is 5.02. The molecule has 0 spiro atoms. The van der Waals surface area contributed by atoms with Gasteiger partial charge >= 0.3 is 0 Å². The van der Waals surface area contributed by atoms with Crippen LogP contribution < -0.4 is 5.32 Å². The molecule has 3 heterocycles. The summed E-state index contributed by atoms with van der Waals surface area (Å²) in [5.41, 5.74) is 3.50. The molecule has 2 aromatic heterocycles. The molecule has 3 nitrogen and oxygen atoms in total. The number of hydrogen-bond donors (Lipinski definition) is 1. The van der Waals surface area contributed by atoms with Gasteiger partial charge in [0, 0.05) is 17.7 Å². The standard InChI is InChI=1S/C18H19N3/c1-2-6-14(7-3-1)17-16-8-4-5-13-21(16)18(20-17)15-9-11-19-12-10-15/h1-8,13,15,19H,9-12H2. The topological polar surface area (TPSA) is 29.3 Å². The van der Waals surface area contributed by atoms with Gasteiger partial charge in [0.1, 0.15) is 5.82 Å². The van der Waals surface area contributed by atoms with E-state index in [2.05, 4.69) is 64.4 Å². The highest BCUT2D eigenvalue weighted by atomic mass is 15.0. The molecule has 1 N–H and O–H groups in total. The summed E-state index contributed by atoms with van der Waals surface area (Å²) in [6.45, 7) is 2.18. The van der Waals surface area contributed by atoms with Crippen LogP contribution in [0.1, 0.15) is 24.6 Å². The SMILES string of the molecule is c1ccc(-c2nc(C3CCNCC3)n3ccccc23)cc1. The quantitative estimate of drug-likeness (QED) is 0.777. The molecule has 1 aliphatic heterocycles. The van der Waals surface area contributed by atoms with Crippen LogP contribution in [0.4, 0.5) is 0 Å². The molecule has 3 aromatic rings. The van der Waals surface area contributed by atoms with Crippen molar-refractivity contribution in [3.05, 3.63) is 60.6 Å². The van der Waals surface area contributed by atoms with Gasteiger partial charge in [0.2, 0.25) is 0 Å². The van der Waals surface area contributed by atoms with Crippen molar-refractivity contribution < 1.29 is 0 Å². The molecule has 1 saturated heterocycles. The van der Waals surface area contributed by atoms with Gasteiger partial charge in [-0.25, -0.2) is 4.98 Å². The van der Waals surface area contributed by atoms with E-state index in [-0.39, 0.29) is 0 Å². The zero-order valence-electron chi connectivity index (χ0n) is 12.0. The minimum atomic E-state index is 0.554. The van der Waals surface area contributed by atoms with Crippen molar-refractivity contribution in [1.82, 2.24) is 14.7 Å². The first-order valence-corrected chi connectivity index (χ1v) is 7.66. The fourth-order valence-electron chi connectivity index (χ4n) is 3.24. The van der Waals surface area contributed by atoms with Gasteiger partial charge in [0.15, 0.2) is 0 Å². The lowest BCUT2D eigenvalue weighted by atomic mass is 9.97. The van der Waals surface area contributed by atoms with Gasteiger partial charge in [-0.05, 0) is 38.1 Å². The highest BCUT2D eigenvalue weighted by Gasteiger charge is 2.22. The van der Waals surface area contributed by atoms with Crippen LogP contribution >= 0.6 is 0 Å². The molecular formula is C18H19N3. The predicted molar refractivity (Wildman–Crippen MR) is 85.5 cm³/mol. The summed E-state index contributed by atoms with van der Waals surface area (Å²) < 4.78 is 2.28. The lowest BCUT2D eigenvalue weighted by molar-refractivity contribution is 0.444. The van der Waals surface area contributed by atoms with Gasteiger partial charge in [-0.1, -0.05) is 36.4 Å². The summed E-state index contributed by atoms with van der Waals surface area (Å²) >= 11 is 0. The molecule has 0 amide bonds. The lowest BCUT2D eigenvalue weighted by Gasteiger charge is -2.21. The van der Waals surface area contributed by atoms with Crippen molar-refractivity contribution in [2.24, 2.45) is 0 Å². The number of benzene rings is 1. The van der Waals surface area contributed by atoms with E-state index in [1.54, 1.807) is 0 Å². The van der Waals surface area contributed by atoms with Crippen LogP contribution in [0.25, 0.3) is 16.8 Å². The molecule has 0 bridgehead atoms. The van der Waals surface area contributed by atoms with Gasteiger partial charge in [-0.15, -0.1) is 0 Å². The number of imidazole rings is 1. The molecule has 1 aromatic carbocycles. The van der Waals surface area contributed by atoms with Gasteiger partial charge in [0.05, 0.1) is 11.2 Å². The summed E-state index contributed by atoms with van der Waals surface area (Å²) in [6, 6.07) is 16.8. The Balaban J connectivity index is 1.88. The maximum absolute atomic E-state index is 5.02. The van der Waals surface area contributed by atoms with Crippen molar-refractivity contribution >= 4 is 5.52 Å². The predicted octanol–water partition coefficient (Wildman–Crippen LogP) is 3.47. The third-order valence-corrected chi connectivity index (χ3v) is 4.33. The Morgan fingerprint density at radius 1 is 0.952 bits per heavy atom. The molecule has 0 radical (unpaired) electrons. The van der Waals surface area contributed by atoms with E-state index in [0.717, 1.165) is 18.8 Å². The minimum Gasteiger partial charge on any atom is -0.317 e. The average molecular weight is 277 g/mol. The monoisotopic (exact) mass is 277 g/mol. The Kier molecular flexibility index (Phi) is 3.20. The van der Waals surface area contributed by atoms with Gasteiger partial charge in [-0.3, -0.25) is 0 Å². The van der Waals surface area contributed by atoms with E-state index in [1.165, 1.54) is 29.7 Å². The zero-order chi connectivity index (χ0) is 14.1. The van der Waals surface area contributed by atoms with E-state index >= 15 is 0 Å². The number of nitrogens with one attached hydrogen (secondary N) is 1. The minimum absolute atomic E-state index is 0.554. The third kappa shape index (κ3) is 2.24. The second-order valence-corrected chi connectivity index (χ2v) is 5.66. The van der Waals surface area contributed by atoms with Gasteiger partial charge in [-0.2, -0.15) is 0 Å². The smallest absolute Gasteiger partial charge is 0.117 e. The fourth-order valence-corrected chi connectivity index (χ4v) is 3.24. The first kappa shape index (κ1) is 12.6. The van der Waals surface area contributed by atoms with Crippen LogP contribution in [-0.4, -0.2) is 22.5 Å². The van der Waals surface area contributed by atoms with Gasteiger partial charge in [0.25, 0.3) is 0 Å². The maximum atomic E-state index is 5.02. The van der Waals surface area contributed by atoms with Crippen LogP contribution in [-0.2, 0) is 0 Å². The molecule has 21 heavy (non-hydrogen) atoms. The van der Waals surface area contributed by atoms with Crippen molar-refractivity contribution in [3.63, 3.8) is 0 Å². The first-order valence-electron chi connectivity index (χ1n) is 7.66. The number of pyridine rings is 1. The number of rotatable bonds is 2. The third-order valence-electron chi connectivity index (χ3n) is 4.33. The molecule has 0 saturated carbocycles. The second kappa shape index (κ2) is 5.34. The summed E-state index contributed by atoms with van der Waals surface area (Å²) in [6.07, 6.45) is 4.48. The number of hydrogen-bond acceptors (Lipinski definition) is 2. The molecule has 0 aliphatic carbocycles. The molecule has 0 unspecified atom stereocenters. The summed E-state index contributed by atoms with van der Waals surface area (Å²) in [5, 5.41) is 3.43. The van der Waals surface area contributed by atoms with Crippen molar-refractivity contribution in [2.75, 3.05) is 13.1 Å². The normalized spacial score (nSPS) is 16.4.